The molecule has 2 amide bonds. The second-order valence-electron chi connectivity index (χ2n) is 29.3. The largest absolute Gasteiger partial charge is 0.337 e. The average molecular weight is 1400 g/mol. The van der Waals surface area contributed by atoms with Crippen molar-refractivity contribution in [3.8, 4) is 19.5 Å². The molecule has 7 aromatic rings. The minimum absolute atomic E-state index is 0.0290. The summed E-state index contributed by atoms with van der Waals surface area (Å²) in [5.41, 5.74) is 8.25. The van der Waals surface area contributed by atoms with E-state index in [1.54, 1.807) is 22.7 Å². The zero-order valence-corrected chi connectivity index (χ0v) is 65.5. The maximum Gasteiger partial charge on any atom is 0.261 e. The molecule has 0 spiro atoms. The molecule has 98 heavy (non-hydrogen) atoms. The van der Waals surface area contributed by atoms with E-state index in [0.29, 0.717) is 42.1 Å². The highest BCUT2D eigenvalue weighted by atomic mass is 32.1. The number of unbranched alkanes of at least 4 members (excludes halogenated alkanes) is 26. The molecule has 2 aromatic carbocycles. The number of nitrogens with zero attached hydrogens (tertiary/aromatic N) is 3. The first-order chi connectivity index (χ1) is 48.1. The van der Waals surface area contributed by atoms with Gasteiger partial charge in [-0.15, -0.1) is 45.3 Å². The quantitative estimate of drug-likeness (QED) is 0.0357. The van der Waals surface area contributed by atoms with Crippen LogP contribution in [0.25, 0.3) is 70.9 Å². The van der Waals surface area contributed by atoms with Crippen LogP contribution in [0.15, 0.2) is 102 Å². The van der Waals surface area contributed by atoms with E-state index in [0.717, 1.165) is 46.8 Å². The van der Waals surface area contributed by atoms with E-state index in [2.05, 4.69) is 179 Å². The molecule has 532 valence electrons. The zero-order valence-electron chi connectivity index (χ0n) is 62.2. The number of fused-ring (bicyclic) bond motifs is 4. The van der Waals surface area contributed by atoms with Crippen LogP contribution in [-0.2, 0) is 9.59 Å². The van der Waals surface area contributed by atoms with Gasteiger partial charge in [-0.05, 0) is 142 Å². The number of benzene rings is 2. The molecule has 0 bridgehead atoms. The zero-order chi connectivity index (χ0) is 68.9. The van der Waals surface area contributed by atoms with Gasteiger partial charge in [-0.1, -0.05) is 290 Å². The van der Waals surface area contributed by atoms with Crippen LogP contribution in [0.3, 0.4) is 0 Å². The number of carbonyl (C=O) groups is 2. The molecule has 0 aliphatic carbocycles. The lowest BCUT2D eigenvalue weighted by atomic mass is 9.93. The lowest BCUT2D eigenvalue weighted by Gasteiger charge is -2.29. The van der Waals surface area contributed by atoms with E-state index < -0.39 is 0 Å². The Morgan fingerprint density at radius 2 is 0.704 bits per heavy atom. The third kappa shape index (κ3) is 21.5. The maximum atomic E-state index is 16.2. The van der Waals surface area contributed by atoms with E-state index in [1.165, 1.54) is 281 Å². The van der Waals surface area contributed by atoms with Gasteiger partial charge in [0.05, 0.1) is 32.3 Å². The number of allylic oxidation sites excluding steroid dienone is 1. The Bertz CT molecular complexity index is 3650. The SMILES string of the molecule is C/C=C/c1ccc2c3ccc(/C=C/c4ccc(-c5ccc(C6=C7C(=O)N(CC(CCCCCC)CCCCCCCC)C(c8ccc(-c9ccc(C)s9)s8)=C7C(=O)N6CC(CCCCCC)CCCCCCCC)s5)s4)cc3n(C(CCCCCCCC)CCCCCCCC)c2c1. The van der Waals surface area contributed by atoms with Crippen molar-refractivity contribution in [3.05, 3.63) is 133 Å². The van der Waals surface area contributed by atoms with Gasteiger partial charge in [-0.25, -0.2) is 0 Å². The summed E-state index contributed by atoms with van der Waals surface area (Å²) in [6.45, 7) is 19.4. The molecule has 0 radical (unpaired) electrons. The van der Waals surface area contributed by atoms with Crippen molar-refractivity contribution >= 4 is 109 Å². The average Bonchev–Trinajstić information content (AvgIpc) is 1.55. The van der Waals surface area contributed by atoms with Crippen molar-refractivity contribution in [1.29, 1.82) is 0 Å². The Kier molecular flexibility index (Phi) is 32.9. The van der Waals surface area contributed by atoms with Gasteiger partial charge in [0, 0.05) is 70.2 Å². The third-order valence-corrected chi connectivity index (χ3v) is 25.9. The van der Waals surface area contributed by atoms with Crippen LogP contribution in [0.1, 0.15) is 329 Å². The summed E-state index contributed by atoms with van der Waals surface area (Å²) in [6, 6.07) is 32.8. The van der Waals surface area contributed by atoms with Gasteiger partial charge in [0.2, 0.25) is 0 Å². The number of amides is 2. The molecule has 0 N–H and O–H groups in total. The Hall–Kier alpha value is -5.06. The first-order valence-corrected chi connectivity index (χ1v) is 43.3. The number of rotatable bonds is 50. The van der Waals surface area contributed by atoms with Gasteiger partial charge in [0.1, 0.15) is 0 Å². The Labute approximate surface area is 610 Å². The smallest absolute Gasteiger partial charge is 0.261 e. The van der Waals surface area contributed by atoms with E-state index in [1.807, 2.05) is 22.7 Å². The predicted molar refractivity (Wildman–Crippen MR) is 436 cm³/mol. The molecule has 5 nitrogen and oxygen atoms in total. The highest BCUT2D eigenvalue weighted by molar-refractivity contribution is 7.23. The monoisotopic (exact) mass is 1400 g/mol. The van der Waals surface area contributed by atoms with Crippen LogP contribution >= 0.6 is 45.3 Å². The first-order valence-electron chi connectivity index (χ1n) is 40.0. The van der Waals surface area contributed by atoms with Crippen LogP contribution < -0.4 is 0 Å². The molecule has 5 aromatic heterocycles. The van der Waals surface area contributed by atoms with Gasteiger partial charge in [-0.2, -0.15) is 0 Å². The van der Waals surface area contributed by atoms with Crippen molar-refractivity contribution in [3.63, 3.8) is 0 Å². The normalized spacial score (nSPS) is 14.4. The Balaban J connectivity index is 1.08. The molecule has 2 aliphatic heterocycles. The molecule has 9 rings (SSSR count). The van der Waals surface area contributed by atoms with Crippen molar-refractivity contribution < 1.29 is 9.59 Å². The fraction of sp³-hybridized carbons (Fsp3) is 0.573. The molecule has 2 aliphatic rings. The summed E-state index contributed by atoms with van der Waals surface area (Å²) < 4.78 is 2.77. The molecular weight excluding hydrogens is 1270 g/mol. The Morgan fingerprint density at radius 3 is 1.11 bits per heavy atom. The molecule has 2 atom stereocenters. The van der Waals surface area contributed by atoms with Crippen LogP contribution in [0.2, 0.25) is 0 Å². The van der Waals surface area contributed by atoms with Crippen molar-refractivity contribution in [2.75, 3.05) is 13.1 Å². The molecule has 0 saturated heterocycles. The number of thiophene rings is 4. The van der Waals surface area contributed by atoms with Crippen LogP contribution in [-0.4, -0.2) is 39.3 Å². The minimum atomic E-state index is 0.0290. The van der Waals surface area contributed by atoms with Crippen LogP contribution in [0.4, 0.5) is 0 Å². The summed E-state index contributed by atoms with van der Waals surface area (Å²) in [6.07, 6.45) is 56.6. The van der Waals surface area contributed by atoms with Gasteiger partial charge >= 0.3 is 0 Å². The molecule has 0 fully saturated rings. The molecule has 2 unspecified atom stereocenters. The van der Waals surface area contributed by atoms with Crippen molar-refractivity contribution in [1.82, 2.24) is 14.4 Å². The number of hydrogen-bond acceptors (Lipinski definition) is 6. The van der Waals surface area contributed by atoms with E-state index >= 15 is 9.59 Å². The van der Waals surface area contributed by atoms with Gasteiger partial charge in [-0.3, -0.25) is 9.59 Å². The van der Waals surface area contributed by atoms with Crippen molar-refractivity contribution in [2.24, 2.45) is 11.8 Å². The summed E-state index contributed by atoms with van der Waals surface area (Å²) in [4.78, 5) is 46.1. The fourth-order valence-corrected chi connectivity index (χ4v) is 19.8. The highest BCUT2D eigenvalue weighted by Gasteiger charge is 2.50. The first kappa shape index (κ1) is 77.1. The molecule has 9 heteroatoms. The molecule has 7 heterocycles. The number of carbonyl (C=O) groups excluding carboxylic acids is 2. The van der Waals surface area contributed by atoms with E-state index in [4.69, 9.17) is 0 Å². The second kappa shape index (κ2) is 41.8. The third-order valence-electron chi connectivity index (χ3n) is 21.3. The van der Waals surface area contributed by atoms with Crippen LogP contribution in [0.5, 0.6) is 0 Å². The number of aromatic nitrogens is 1. The predicted octanol–water partition coefficient (Wildman–Crippen LogP) is 29.4. The Morgan fingerprint density at radius 1 is 0.357 bits per heavy atom. The summed E-state index contributed by atoms with van der Waals surface area (Å²) in [5.74, 6) is 0.779. The topological polar surface area (TPSA) is 45.6 Å². The van der Waals surface area contributed by atoms with Crippen molar-refractivity contribution in [2.45, 2.75) is 305 Å². The molecular formula is C89H125N3O2S4. The highest BCUT2D eigenvalue weighted by Crippen LogP contribution is 2.52. The van der Waals surface area contributed by atoms with Gasteiger partial charge in [0.15, 0.2) is 0 Å². The lowest BCUT2D eigenvalue weighted by molar-refractivity contribution is -0.124. The summed E-state index contributed by atoms with van der Waals surface area (Å²) in [5, 5.41) is 2.71. The lowest BCUT2D eigenvalue weighted by Crippen LogP contribution is -2.34. The number of hydrogen-bond donors (Lipinski definition) is 0. The summed E-state index contributed by atoms with van der Waals surface area (Å²) in [7, 11) is 0. The standard InChI is InChI=1S/C89H125N3O2S4/c1-9-16-22-28-32-38-45-70(43-36-26-20-13-5)65-90-86(82-61-59-80(97-82)78-57-49-67(8)95-78)84-85(89(90)94)87(91(88(84)93)66-71(44-37-27-21-14-6)46-39-33-29-23-17-10-2)83-62-60-81(98-83)79-58-54-73(96-79)53-50-69-52-56-75-74-55-51-68(42-15-7)63-76(74)92(77(75)64-69)72(47-40-34-30-24-18-11-3)48-41-35-31-25-19-12-4/h15,42,49-64,70-72H,9-14,16-41,43-48,65-66H2,1-8H3/b42-15+,53-50+. The van der Waals surface area contributed by atoms with Gasteiger partial charge < -0.3 is 14.4 Å². The maximum absolute atomic E-state index is 16.2. The summed E-state index contributed by atoms with van der Waals surface area (Å²) >= 11 is 7.19. The van der Waals surface area contributed by atoms with Gasteiger partial charge in [0.25, 0.3) is 11.8 Å². The second-order valence-corrected chi connectivity index (χ2v) is 33.9. The van der Waals surface area contributed by atoms with Crippen LogP contribution in [0, 0.1) is 18.8 Å². The molecule has 0 saturated carbocycles. The fourth-order valence-electron chi connectivity index (χ4n) is 15.7. The minimum Gasteiger partial charge on any atom is -0.337 e. The van der Waals surface area contributed by atoms with E-state index in [-0.39, 0.29) is 11.8 Å². The van der Waals surface area contributed by atoms with E-state index in [9.17, 15) is 0 Å². The number of aryl methyl sites for hydroxylation is 1.